The number of hydrogen-bond donors (Lipinski definition) is 1. The topological polar surface area (TPSA) is 32.3 Å². The summed E-state index contributed by atoms with van der Waals surface area (Å²) in [5, 5.41) is 5.42. The highest BCUT2D eigenvalue weighted by molar-refractivity contribution is 5.83. The monoisotopic (exact) mass is 364 g/mol. The number of nitrogens with one attached hydrogen (secondary N) is 1. The zero-order chi connectivity index (χ0) is 19.4. The molecule has 1 N–H and O–H groups in total. The number of benzene rings is 3. The molecule has 0 aliphatic heterocycles. The van der Waals surface area contributed by atoms with Gasteiger partial charge in [0.2, 0.25) is 5.91 Å². The van der Waals surface area contributed by atoms with Gasteiger partial charge in [0.15, 0.2) is 0 Å². The van der Waals surface area contributed by atoms with E-state index in [4.69, 9.17) is 0 Å². The lowest BCUT2D eigenvalue weighted by atomic mass is 10.1. The predicted octanol–water partition coefficient (Wildman–Crippen LogP) is 4.68. The quantitative estimate of drug-likeness (QED) is 0.689. The zero-order valence-electron chi connectivity index (χ0n) is 15.9. The fraction of sp³-hybridized carbons (Fsp3) is 0.261. The molecule has 3 aromatic carbocycles. The first-order valence-corrected chi connectivity index (χ1v) is 9.18. The third kappa shape index (κ3) is 4.72. The van der Waals surface area contributed by atoms with Crippen molar-refractivity contribution < 1.29 is 9.18 Å². The number of likely N-dealkylation sites (N-methyl/N-ethyl adjacent to an activating group) is 1. The van der Waals surface area contributed by atoms with Gasteiger partial charge in [-0.1, -0.05) is 48.5 Å². The Hall–Kier alpha value is -2.72. The first-order valence-electron chi connectivity index (χ1n) is 9.18. The summed E-state index contributed by atoms with van der Waals surface area (Å²) in [4.78, 5) is 14.6. The smallest absolute Gasteiger partial charge is 0.237 e. The number of carbonyl (C=O) groups is 1. The van der Waals surface area contributed by atoms with Crippen molar-refractivity contribution in [3.05, 3.63) is 83.7 Å². The van der Waals surface area contributed by atoms with E-state index in [2.05, 4.69) is 35.6 Å². The largest absolute Gasteiger partial charge is 0.348 e. The van der Waals surface area contributed by atoms with E-state index in [1.165, 1.54) is 28.5 Å². The van der Waals surface area contributed by atoms with Gasteiger partial charge in [0.25, 0.3) is 0 Å². The molecule has 1 amide bonds. The summed E-state index contributed by atoms with van der Waals surface area (Å²) in [6, 6.07) is 20.4. The molecule has 4 heteroatoms. The van der Waals surface area contributed by atoms with Crippen LogP contribution in [0, 0.1) is 5.82 Å². The first-order chi connectivity index (χ1) is 12.9. The summed E-state index contributed by atoms with van der Waals surface area (Å²) in [6.45, 7) is 4.49. The van der Waals surface area contributed by atoms with Crippen molar-refractivity contribution in [3.63, 3.8) is 0 Å². The van der Waals surface area contributed by atoms with Crippen molar-refractivity contribution in [2.45, 2.75) is 32.5 Å². The molecule has 0 aliphatic carbocycles. The molecule has 3 rings (SSSR count). The molecule has 0 aliphatic rings. The van der Waals surface area contributed by atoms with Gasteiger partial charge in [-0.3, -0.25) is 9.69 Å². The molecular formula is C23H25FN2O. The highest BCUT2D eigenvalue weighted by Gasteiger charge is 2.20. The van der Waals surface area contributed by atoms with Gasteiger partial charge in [-0.15, -0.1) is 0 Å². The maximum atomic E-state index is 13.1. The van der Waals surface area contributed by atoms with Gasteiger partial charge in [-0.05, 0) is 61.0 Å². The second-order valence-corrected chi connectivity index (χ2v) is 7.05. The summed E-state index contributed by atoms with van der Waals surface area (Å²) in [6.07, 6.45) is 0. The average Bonchev–Trinajstić information content (AvgIpc) is 2.67. The Bertz CT molecular complexity index is 923. The standard InChI is InChI=1S/C23H25FN2O/c1-16(19-10-12-22(24)13-11-19)25-23(27)17(2)26(3)15-18-8-9-20-6-4-5-7-21(20)14-18/h4-14,16-17H,15H2,1-3H3,(H,25,27)/t16-,17-/m0/s1. The number of carbonyl (C=O) groups excluding carboxylic acids is 1. The molecule has 0 radical (unpaired) electrons. The Morgan fingerprint density at radius 2 is 1.67 bits per heavy atom. The number of halogens is 1. The van der Waals surface area contributed by atoms with Crippen LogP contribution in [0.5, 0.6) is 0 Å². The van der Waals surface area contributed by atoms with Crippen LogP contribution in [0.3, 0.4) is 0 Å². The molecule has 0 saturated carbocycles. The van der Waals surface area contributed by atoms with Crippen molar-refractivity contribution in [2.24, 2.45) is 0 Å². The van der Waals surface area contributed by atoms with E-state index < -0.39 is 0 Å². The molecule has 0 heterocycles. The third-order valence-corrected chi connectivity index (χ3v) is 5.02. The lowest BCUT2D eigenvalue weighted by Gasteiger charge is -2.26. The Labute approximate surface area is 159 Å². The van der Waals surface area contributed by atoms with E-state index in [0.29, 0.717) is 6.54 Å². The molecule has 2 atom stereocenters. The second-order valence-electron chi connectivity index (χ2n) is 7.05. The number of hydrogen-bond acceptors (Lipinski definition) is 2. The molecular weight excluding hydrogens is 339 g/mol. The molecule has 3 aromatic rings. The van der Waals surface area contributed by atoms with Gasteiger partial charge in [-0.2, -0.15) is 0 Å². The summed E-state index contributed by atoms with van der Waals surface area (Å²) in [7, 11) is 1.95. The molecule has 0 saturated heterocycles. The van der Waals surface area contributed by atoms with E-state index in [1.54, 1.807) is 12.1 Å². The lowest BCUT2D eigenvalue weighted by Crippen LogP contribution is -2.43. The van der Waals surface area contributed by atoms with Crippen LogP contribution in [0.25, 0.3) is 10.8 Å². The van der Waals surface area contributed by atoms with Crippen molar-refractivity contribution in [1.82, 2.24) is 10.2 Å². The van der Waals surface area contributed by atoms with E-state index in [0.717, 1.165) is 5.56 Å². The van der Waals surface area contributed by atoms with E-state index in [1.807, 2.05) is 37.9 Å². The summed E-state index contributed by atoms with van der Waals surface area (Å²) in [5.41, 5.74) is 2.05. The fourth-order valence-corrected chi connectivity index (χ4v) is 3.13. The van der Waals surface area contributed by atoms with Crippen LogP contribution < -0.4 is 5.32 Å². The lowest BCUT2D eigenvalue weighted by molar-refractivity contribution is -0.126. The molecule has 140 valence electrons. The predicted molar refractivity (Wildman–Crippen MR) is 108 cm³/mol. The highest BCUT2D eigenvalue weighted by atomic mass is 19.1. The summed E-state index contributed by atoms with van der Waals surface area (Å²) < 4.78 is 13.1. The van der Waals surface area contributed by atoms with Crippen LogP contribution in [0.15, 0.2) is 66.7 Å². The van der Waals surface area contributed by atoms with E-state index >= 15 is 0 Å². The Kier molecular flexibility index (Phi) is 5.87. The Morgan fingerprint density at radius 1 is 1.00 bits per heavy atom. The van der Waals surface area contributed by atoms with Crippen LogP contribution in [-0.2, 0) is 11.3 Å². The fourth-order valence-electron chi connectivity index (χ4n) is 3.13. The maximum Gasteiger partial charge on any atom is 0.237 e. The summed E-state index contributed by atoms with van der Waals surface area (Å²) in [5.74, 6) is -0.323. The minimum atomic E-state index is -0.278. The van der Waals surface area contributed by atoms with Crippen molar-refractivity contribution in [3.8, 4) is 0 Å². The average molecular weight is 364 g/mol. The number of nitrogens with zero attached hydrogens (tertiary/aromatic N) is 1. The van der Waals surface area contributed by atoms with Gasteiger partial charge in [-0.25, -0.2) is 4.39 Å². The van der Waals surface area contributed by atoms with Gasteiger partial charge in [0.1, 0.15) is 5.82 Å². The Balaban J connectivity index is 1.62. The molecule has 0 bridgehead atoms. The number of amides is 1. The van der Waals surface area contributed by atoms with Crippen LogP contribution in [0.2, 0.25) is 0 Å². The van der Waals surface area contributed by atoms with Gasteiger partial charge in [0, 0.05) is 6.54 Å². The minimum Gasteiger partial charge on any atom is -0.348 e. The zero-order valence-corrected chi connectivity index (χ0v) is 15.9. The highest BCUT2D eigenvalue weighted by Crippen LogP contribution is 2.18. The molecule has 0 fully saturated rings. The van der Waals surface area contributed by atoms with Crippen molar-refractivity contribution in [1.29, 1.82) is 0 Å². The SMILES string of the molecule is C[C@H](NC(=O)[C@H](C)N(C)Cc1ccc2ccccc2c1)c1ccc(F)cc1. The molecule has 3 nitrogen and oxygen atoms in total. The van der Waals surface area contributed by atoms with Crippen molar-refractivity contribution >= 4 is 16.7 Å². The molecule has 0 spiro atoms. The Morgan fingerprint density at radius 3 is 2.37 bits per heavy atom. The second kappa shape index (κ2) is 8.31. The maximum absolute atomic E-state index is 13.1. The van der Waals surface area contributed by atoms with Gasteiger partial charge >= 0.3 is 0 Å². The first kappa shape index (κ1) is 19.1. The summed E-state index contributed by atoms with van der Waals surface area (Å²) >= 11 is 0. The van der Waals surface area contributed by atoms with Gasteiger partial charge in [0.05, 0.1) is 12.1 Å². The van der Waals surface area contributed by atoms with Crippen LogP contribution in [0.4, 0.5) is 4.39 Å². The number of rotatable bonds is 6. The normalized spacial score (nSPS) is 13.5. The van der Waals surface area contributed by atoms with Gasteiger partial charge < -0.3 is 5.32 Å². The van der Waals surface area contributed by atoms with Crippen LogP contribution in [-0.4, -0.2) is 23.9 Å². The van der Waals surface area contributed by atoms with Crippen LogP contribution in [0.1, 0.15) is 31.0 Å². The molecule has 27 heavy (non-hydrogen) atoms. The van der Waals surface area contributed by atoms with Crippen LogP contribution >= 0.6 is 0 Å². The van der Waals surface area contributed by atoms with E-state index in [-0.39, 0.29) is 23.8 Å². The molecule has 0 unspecified atom stereocenters. The van der Waals surface area contributed by atoms with Crippen molar-refractivity contribution in [2.75, 3.05) is 7.05 Å². The number of fused-ring (bicyclic) bond motifs is 1. The van der Waals surface area contributed by atoms with E-state index in [9.17, 15) is 9.18 Å². The third-order valence-electron chi connectivity index (χ3n) is 5.02. The minimum absolute atomic E-state index is 0.0462. The molecule has 0 aromatic heterocycles.